The Kier molecular flexibility index (Phi) is 5.39. The average molecular weight is 376 g/mol. The minimum atomic E-state index is -0.100. The maximum atomic E-state index is 12.7. The zero-order valence-corrected chi connectivity index (χ0v) is 15.7. The Hall–Kier alpha value is -3.12. The van der Waals surface area contributed by atoms with E-state index >= 15 is 0 Å². The Morgan fingerprint density at radius 2 is 1.82 bits per heavy atom. The van der Waals surface area contributed by atoms with Crippen LogP contribution in [0.2, 0.25) is 0 Å². The first-order valence-corrected chi connectivity index (χ1v) is 9.56. The van der Waals surface area contributed by atoms with Crippen LogP contribution in [0.15, 0.2) is 60.8 Å². The number of para-hydroxylation sites is 1. The van der Waals surface area contributed by atoms with Crippen LogP contribution < -0.4 is 5.32 Å². The number of nitrogens with zero attached hydrogens (tertiary/aromatic N) is 3. The average Bonchev–Trinajstić information content (AvgIpc) is 3.03. The number of rotatable bonds is 5. The second kappa shape index (κ2) is 8.27. The summed E-state index contributed by atoms with van der Waals surface area (Å²) in [5.74, 6) is 1.16. The van der Waals surface area contributed by atoms with Crippen molar-refractivity contribution in [1.29, 1.82) is 0 Å². The number of carbonyl (C=O) groups excluding carboxylic acids is 1. The van der Waals surface area contributed by atoms with Crippen LogP contribution in [-0.4, -0.2) is 38.6 Å². The second-order valence-corrected chi connectivity index (χ2v) is 7.03. The van der Waals surface area contributed by atoms with Crippen molar-refractivity contribution >= 4 is 5.91 Å². The SMILES string of the molecule is O=C(NCc1ccccc1)c1cnc2n1CCN(Cc1ccccc1O)CC2. The van der Waals surface area contributed by atoms with Crippen molar-refractivity contribution in [3.05, 3.63) is 83.4 Å². The number of amides is 1. The van der Waals surface area contributed by atoms with E-state index in [0.29, 0.717) is 31.1 Å². The largest absolute Gasteiger partial charge is 0.508 e. The zero-order valence-electron chi connectivity index (χ0n) is 15.7. The van der Waals surface area contributed by atoms with Gasteiger partial charge in [-0.15, -0.1) is 0 Å². The van der Waals surface area contributed by atoms with Crippen LogP contribution in [0.5, 0.6) is 5.75 Å². The Bertz CT molecular complexity index is 952. The molecule has 0 saturated carbocycles. The molecule has 28 heavy (non-hydrogen) atoms. The van der Waals surface area contributed by atoms with Gasteiger partial charge in [0.15, 0.2) is 0 Å². The minimum Gasteiger partial charge on any atom is -0.508 e. The summed E-state index contributed by atoms with van der Waals surface area (Å²) in [5, 5.41) is 13.0. The number of aromatic nitrogens is 2. The standard InChI is InChI=1S/C22H24N4O2/c27-20-9-5-4-8-18(20)16-25-11-10-21-23-15-19(26(21)13-12-25)22(28)24-14-17-6-2-1-3-7-17/h1-9,15,27H,10-14,16H2,(H,24,28). The minimum absolute atomic E-state index is 0.100. The van der Waals surface area contributed by atoms with Crippen LogP contribution in [0.1, 0.15) is 27.4 Å². The maximum Gasteiger partial charge on any atom is 0.269 e. The van der Waals surface area contributed by atoms with E-state index in [1.54, 1.807) is 12.3 Å². The molecule has 1 aliphatic rings. The quantitative estimate of drug-likeness (QED) is 0.718. The van der Waals surface area contributed by atoms with Gasteiger partial charge in [0, 0.05) is 44.7 Å². The van der Waals surface area contributed by atoms with Crippen LogP contribution in [0.4, 0.5) is 0 Å². The van der Waals surface area contributed by atoms with Gasteiger partial charge in [0.05, 0.1) is 6.20 Å². The van der Waals surface area contributed by atoms with Crippen molar-refractivity contribution in [1.82, 2.24) is 19.8 Å². The van der Waals surface area contributed by atoms with E-state index in [4.69, 9.17) is 0 Å². The molecular weight excluding hydrogens is 352 g/mol. The molecule has 0 spiro atoms. The van der Waals surface area contributed by atoms with Gasteiger partial charge in [-0.25, -0.2) is 4.98 Å². The summed E-state index contributed by atoms with van der Waals surface area (Å²) in [6, 6.07) is 17.3. The summed E-state index contributed by atoms with van der Waals surface area (Å²) in [4.78, 5) is 19.4. The molecule has 3 aromatic rings. The fourth-order valence-electron chi connectivity index (χ4n) is 3.57. The topological polar surface area (TPSA) is 70.4 Å². The highest BCUT2D eigenvalue weighted by Gasteiger charge is 2.21. The molecule has 2 aromatic carbocycles. The summed E-state index contributed by atoms with van der Waals surface area (Å²) >= 11 is 0. The Morgan fingerprint density at radius 1 is 1.04 bits per heavy atom. The van der Waals surface area contributed by atoms with Gasteiger partial charge < -0.3 is 15.0 Å². The summed E-state index contributed by atoms with van der Waals surface area (Å²) in [6.07, 6.45) is 2.45. The summed E-state index contributed by atoms with van der Waals surface area (Å²) < 4.78 is 2.02. The first-order chi connectivity index (χ1) is 13.7. The number of phenols is 1. The van der Waals surface area contributed by atoms with Crippen molar-refractivity contribution in [2.45, 2.75) is 26.1 Å². The molecular formula is C22H24N4O2. The number of imidazole rings is 1. The lowest BCUT2D eigenvalue weighted by molar-refractivity contribution is 0.0940. The molecule has 0 radical (unpaired) electrons. The molecule has 0 unspecified atom stereocenters. The molecule has 6 heteroatoms. The molecule has 4 rings (SSSR count). The van der Waals surface area contributed by atoms with E-state index in [9.17, 15) is 9.90 Å². The number of phenolic OH excluding ortho intramolecular Hbond substituents is 1. The van der Waals surface area contributed by atoms with Gasteiger partial charge in [-0.1, -0.05) is 48.5 Å². The third-order valence-electron chi connectivity index (χ3n) is 5.14. The molecule has 1 amide bonds. The summed E-state index contributed by atoms with van der Waals surface area (Å²) in [6.45, 7) is 3.54. The van der Waals surface area contributed by atoms with E-state index in [1.165, 1.54) is 0 Å². The normalized spacial score (nSPS) is 14.3. The molecule has 1 aliphatic heterocycles. The van der Waals surface area contributed by atoms with Gasteiger partial charge >= 0.3 is 0 Å². The monoisotopic (exact) mass is 376 g/mol. The molecule has 0 bridgehead atoms. The molecule has 2 heterocycles. The molecule has 144 valence electrons. The van der Waals surface area contributed by atoms with E-state index in [-0.39, 0.29) is 5.91 Å². The second-order valence-electron chi connectivity index (χ2n) is 7.03. The smallest absolute Gasteiger partial charge is 0.269 e. The molecule has 0 atom stereocenters. The predicted molar refractivity (Wildman–Crippen MR) is 107 cm³/mol. The number of nitrogens with one attached hydrogen (secondary N) is 1. The van der Waals surface area contributed by atoms with Crippen molar-refractivity contribution in [3.8, 4) is 5.75 Å². The molecule has 0 saturated heterocycles. The molecule has 6 nitrogen and oxygen atoms in total. The number of benzene rings is 2. The molecule has 2 N–H and O–H groups in total. The van der Waals surface area contributed by atoms with Crippen molar-refractivity contribution in [2.75, 3.05) is 13.1 Å². The third kappa shape index (κ3) is 4.07. The van der Waals surface area contributed by atoms with E-state index < -0.39 is 0 Å². The Labute approximate surface area is 164 Å². The van der Waals surface area contributed by atoms with Crippen LogP contribution >= 0.6 is 0 Å². The van der Waals surface area contributed by atoms with Gasteiger partial charge in [0.2, 0.25) is 0 Å². The number of hydrogen-bond acceptors (Lipinski definition) is 4. The van der Waals surface area contributed by atoms with Gasteiger partial charge in [-0.3, -0.25) is 9.69 Å². The summed E-state index contributed by atoms with van der Waals surface area (Å²) in [5.41, 5.74) is 2.60. The van der Waals surface area contributed by atoms with Crippen molar-refractivity contribution < 1.29 is 9.90 Å². The van der Waals surface area contributed by atoms with Gasteiger partial charge in [0.25, 0.3) is 5.91 Å². The number of aromatic hydroxyl groups is 1. The predicted octanol–water partition coefficient (Wildman–Crippen LogP) is 2.58. The Morgan fingerprint density at radius 3 is 2.64 bits per heavy atom. The lowest BCUT2D eigenvalue weighted by Gasteiger charge is -2.20. The third-order valence-corrected chi connectivity index (χ3v) is 5.14. The maximum absolute atomic E-state index is 12.7. The Balaban J connectivity index is 1.40. The van der Waals surface area contributed by atoms with Gasteiger partial charge in [-0.05, 0) is 11.6 Å². The van der Waals surface area contributed by atoms with E-state index in [0.717, 1.165) is 36.5 Å². The number of hydrogen-bond donors (Lipinski definition) is 2. The lowest BCUT2D eigenvalue weighted by atomic mass is 10.2. The highest BCUT2D eigenvalue weighted by molar-refractivity contribution is 5.92. The van der Waals surface area contributed by atoms with Crippen LogP contribution in [-0.2, 0) is 26.1 Å². The lowest BCUT2D eigenvalue weighted by Crippen LogP contribution is -2.28. The molecule has 1 aromatic heterocycles. The zero-order chi connectivity index (χ0) is 19.3. The van der Waals surface area contributed by atoms with Crippen LogP contribution in [0.25, 0.3) is 0 Å². The first-order valence-electron chi connectivity index (χ1n) is 9.56. The van der Waals surface area contributed by atoms with Crippen molar-refractivity contribution in [2.24, 2.45) is 0 Å². The first kappa shape index (κ1) is 18.3. The number of carbonyl (C=O) groups is 1. The molecule has 0 fully saturated rings. The van der Waals surface area contributed by atoms with Crippen LogP contribution in [0.3, 0.4) is 0 Å². The van der Waals surface area contributed by atoms with Crippen LogP contribution in [0, 0.1) is 0 Å². The fourth-order valence-corrected chi connectivity index (χ4v) is 3.57. The molecule has 0 aliphatic carbocycles. The summed E-state index contributed by atoms with van der Waals surface area (Å²) in [7, 11) is 0. The van der Waals surface area contributed by atoms with Crippen molar-refractivity contribution in [3.63, 3.8) is 0 Å². The van der Waals surface area contributed by atoms with Gasteiger partial charge in [0.1, 0.15) is 17.3 Å². The van der Waals surface area contributed by atoms with Gasteiger partial charge in [-0.2, -0.15) is 0 Å². The van der Waals surface area contributed by atoms with E-state index in [2.05, 4.69) is 15.2 Å². The number of fused-ring (bicyclic) bond motifs is 1. The highest BCUT2D eigenvalue weighted by atomic mass is 16.3. The highest BCUT2D eigenvalue weighted by Crippen LogP contribution is 2.19. The van der Waals surface area contributed by atoms with E-state index in [1.807, 2.05) is 53.1 Å². The fraction of sp³-hybridized carbons (Fsp3) is 0.273.